The Kier molecular flexibility index (Phi) is 5.10. The zero-order valence-corrected chi connectivity index (χ0v) is 15.3. The smallest absolute Gasteiger partial charge is 0.120 e. The first-order valence-corrected chi connectivity index (χ1v) is 9.28. The van der Waals surface area contributed by atoms with E-state index in [1.165, 1.54) is 20.5 Å². The van der Waals surface area contributed by atoms with Gasteiger partial charge in [-0.1, -0.05) is 19.1 Å². The first kappa shape index (κ1) is 16.8. The van der Waals surface area contributed by atoms with Crippen molar-refractivity contribution in [1.82, 2.24) is 0 Å². The number of phenolic OH excluding ortho intramolecular Hbond substituents is 1. The molecule has 1 atom stereocenters. The Balaban J connectivity index is 1.74. The standard InChI is InChI=1S/C21H24O2S/c1-4-15(16-7-10-20(22)14(2)11-16)6-9-19-12-17-5-8-18(23-3)13-21(17)24-19/h5,7-8,10-13,15,22H,4,6,9H2,1-3H3. The monoisotopic (exact) mass is 340 g/mol. The summed E-state index contributed by atoms with van der Waals surface area (Å²) in [5.74, 6) is 1.83. The van der Waals surface area contributed by atoms with E-state index >= 15 is 0 Å². The predicted octanol–water partition coefficient (Wildman–Crippen LogP) is 6.05. The summed E-state index contributed by atoms with van der Waals surface area (Å²) in [6.07, 6.45) is 3.33. The first-order chi connectivity index (χ1) is 11.6. The van der Waals surface area contributed by atoms with Crippen LogP contribution in [0, 0.1) is 6.92 Å². The number of rotatable bonds is 6. The molecule has 2 nitrogen and oxygen atoms in total. The quantitative estimate of drug-likeness (QED) is 0.592. The maximum atomic E-state index is 9.72. The van der Waals surface area contributed by atoms with Gasteiger partial charge in [0, 0.05) is 9.58 Å². The summed E-state index contributed by atoms with van der Waals surface area (Å²) >= 11 is 1.86. The van der Waals surface area contributed by atoms with E-state index in [0.29, 0.717) is 11.7 Å². The summed E-state index contributed by atoms with van der Waals surface area (Å²) < 4.78 is 6.60. The minimum atomic E-state index is 0.382. The van der Waals surface area contributed by atoms with E-state index in [4.69, 9.17) is 4.74 Å². The van der Waals surface area contributed by atoms with Crippen LogP contribution in [0.5, 0.6) is 11.5 Å². The van der Waals surface area contributed by atoms with E-state index in [2.05, 4.69) is 37.3 Å². The van der Waals surface area contributed by atoms with Crippen LogP contribution in [0.1, 0.15) is 41.7 Å². The van der Waals surface area contributed by atoms with Gasteiger partial charge in [0.1, 0.15) is 11.5 Å². The third kappa shape index (κ3) is 3.57. The zero-order valence-electron chi connectivity index (χ0n) is 14.5. The van der Waals surface area contributed by atoms with E-state index in [0.717, 1.165) is 30.6 Å². The number of thiophene rings is 1. The molecule has 1 heterocycles. The Bertz CT molecular complexity index is 835. The molecule has 0 amide bonds. The van der Waals surface area contributed by atoms with E-state index in [-0.39, 0.29) is 0 Å². The van der Waals surface area contributed by atoms with Gasteiger partial charge in [-0.05, 0) is 78.9 Å². The molecule has 2 aromatic carbocycles. The molecule has 0 fully saturated rings. The van der Waals surface area contributed by atoms with Gasteiger partial charge in [0.25, 0.3) is 0 Å². The van der Waals surface area contributed by atoms with Crippen molar-refractivity contribution < 1.29 is 9.84 Å². The van der Waals surface area contributed by atoms with Crippen molar-refractivity contribution in [2.75, 3.05) is 7.11 Å². The van der Waals surface area contributed by atoms with Crippen LogP contribution in [0.4, 0.5) is 0 Å². The normalized spacial score (nSPS) is 12.5. The summed E-state index contributed by atoms with van der Waals surface area (Å²) in [7, 11) is 1.71. The molecular weight excluding hydrogens is 316 g/mol. The topological polar surface area (TPSA) is 29.5 Å². The molecule has 0 bridgehead atoms. The van der Waals surface area contributed by atoms with Crippen LogP contribution >= 0.6 is 11.3 Å². The maximum Gasteiger partial charge on any atom is 0.120 e. The average molecular weight is 340 g/mol. The van der Waals surface area contributed by atoms with Gasteiger partial charge in [-0.25, -0.2) is 0 Å². The highest BCUT2D eigenvalue weighted by molar-refractivity contribution is 7.19. The summed E-state index contributed by atoms with van der Waals surface area (Å²) in [6, 6.07) is 14.6. The van der Waals surface area contributed by atoms with Gasteiger partial charge in [-0.2, -0.15) is 0 Å². The lowest BCUT2D eigenvalue weighted by atomic mass is 9.90. The number of aryl methyl sites for hydroxylation is 2. The Morgan fingerprint density at radius 3 is 2.67 bits per heavy atom. The van der Waals surface area contributed by atoms with Gasteiger partial charge in [0.05, 0.1) is 7.11 Å². The second-order valence-corrected chi connectivity index (χ2v) is 7.47. The zero-order chi connectivity index (χ0) is 17.1. The molecule has 1 unspecified atom stereocenters. The molecule has 3 rings (SSSR count). The molecule has 0 aliphatic rings. The lowest BCUT2D eigenvalue weighted by Gasteiger charge is -2.16. The van der Waals surface area contributed by atoms with Crippen LogP contribution in [0.2, 0.25) is 0 Å². The van der Waals surface area contributed by atoms with Crippen molar-refractivity contribution in [3.05, 3.63) is 58.5 Å². The molecule has 3 aromatic rings. The first-order valence-electron chi connectivity index (χ1n) is 8.46. The van der Waals surface area contributed by atoms with Crippen molar-refractivity contribution in [3.63, 3.8) is 0 Å². The molecule has 3 heteroatoms. The van der Waals surface area contributed by atoms with Gasteiger partial charge in [0.2, 0.25) is 0 Å². The molecule has 0 saturated heterocycles. The number of methoxy groups -OCH3 is 1. The molecular formula is C21H24O2S. The van der Waals surface area contributed by atoms with Gasteiger partial charge in [-0.15, -0.1) is 11.3 Å². The maximum absolute atomic E-state index is 9.72. The lowest BCUT2D eigenvalue weighted by molar-refractivity contribution is 0.415. The van der Waals surface area contributed by atoms with Crippen LogP contribution in [0.15, 0.2) is 42.5 Å². The Labute approximate surface area is 147 Å². The van der Waals surface area contributed by atoms with Crippen LogP contribution in [0.3, 0.4) is 0 Å². The molecule has 0 spiro atoms. The molecule has 1 N–H and O–H groups in total. The van der Waals surface area contributed by atoms with Crippen LogP contribution in [-0.4, -0.2) is 12.2 Å². The van der Waals surface area contributed by atoms with Crippen LogP contribution in [-0.2, 0) is 6.42 Å². The predicted molar refractivity (Wildman–Crippen MR) is 103 cm³/mol. The average Bonchev–Trinajstić information content (AvgIpc) is 3.00. The fourth-order valence-corrected chi connectivity index (χ4v) is 4.28. The van der Waals surface area contributed by atoms with E-state index < -0.39 is 0 Å². The highest BCUT2D eigenvalue weighted by Crippen LogP contribution is 2.33. The summed E-state index contributed by atoms with van der Waals surface area (Å²) in [5, 5.41) is 11.0. The highest BCUT2D eigenvalue weighted by Gasteiger charge is 2.12. The number of benzene rings is 2. The molecule has 24 heavy (non-hydrogen) atoms. The fourth-order valence-electron chi connectivity index (χ4n) is 3.17. The van der Waals surface area contributed by atoms with Crippen molar-refractivity contribution >= 4 is 21.4 Å². The van der Waals surface area contributed by atoms with Gasteiger partial charge in [0.15, 0.2) is 0 Å². The van der Waals surface area contributed by atoms with E-state index in [9.17, 15) is 5.11 Å². The van der Waals surface area contributed by atoms with Crippen molar-refractivity contribution in [2.45, 2.75) is 39.0 Å². The molecule has 126 valence electrons. The number of hydrogen-bond donors (Lipinski definition) is 1. The third-order valence-electron chi connectivity index (χ3n) is 4.70. The molecule has 0 saturated carbocycles. The summed E-state index contributed by atoms with van der Waals surface area (Å²) in [6.45, 7) is 4.20. The van der Waals surface area contributed by atoms with Crippen LogP contribution < -0.4 is 4.74 Å². The van der Waals surface area contributed by atoms with Crippen molar-refractivity contribution in [1.29, 1.82) is 0 Å². The van der Waals surface area contributed by atoms with Crippen molar-refractivity contribution in [2.24, 2.45) is 0 Å². The van der Waals surface area contributed by atoms with Gasteiger partial charge < -0.3 is 9.84 Å². The number of aromatic hydroxyl groups is 1. The number of hydrogen-bond acceptors (Lipinski definition) is 3. The second kappa shape index (κ2) is 7.27. The fraction of sp³-hybridized carbons (Fsp3) is 0.333. The number of fused-ring (bicyclic) bond motifs is 1. The Morgan fingerprint density at radius 1 is 1.12 bits per heavy atom. The number of phenols is 1. The largest absolute Gasteiger partial charge is 0.508 e. The van der Waals surface area contributed by atoms with E-state index in [1.807, 2.05) is 30.4 Å². The molecule has 0 aliphatic heterocycles. The van der Waals surface area contributed by atoms with E-state index in [1.54, 1.807) is 7.11 Å². The Hall–Kier alpha value is -2.00. The summed E-state index contributed by atoms with van der Waals surface area (Å²) in [4.78, 5) is 1.42. The van der Waals surface area contributed by atoms with Gasteiger partial charge in [-0.3, -0.25) is 0 Å². The molecule has 0 aliphatic carbocycles. The minimum absolute atomic E-state index is 0.382. The van der Waals surface area contributed by atoms with Crippen LogP contribution in [0.25, 0.3) is 10.1 Å². The summed E-state index contributed by atoms with van der Waals surface area (Å²) in [5.41, 5.74) is 2.29. The third-order valence-corrected chi connectivity index (χ3v) is 5.86. The second-order valence-electron chi connectivity index (χ2n) is 6.31. The number of ether oxygens (including phenoxy) is 1. The molecule has 0 radical (unpaired) electrons. The Morgan fingerprint density at radius 2 is 1.96 bits per heavy atom. The molecule has 1 aromatic heterocycles. The lowest BCUT2D eigenvalue weighted by Crippen LogP contribution is -1.99. The minimum Gasteiger partial charge on any atom is -0.508 e. The highest BCUT2D eigenvalue weighted by atomic mass is 32.1. The SMILES string of the molecule is CCC(CCc1cc2ccc(OC)cc2s1)c1ccc(O)c(C)c1. The van der Waals surface area contributed by atoms with Gasteiger partial charge >= 0.3 is 0 Å². The van der Waals surface area contributed by atoms with Crippen molar-refractivity contribution in [3.8, 4) is 11.5 Å².